The molecule has 1 rings (SSSR count). The topological polar surface area (TPSA) is 47.6 Å². The van der Waals surface area contributed by atoms with Crippen LogP contribution >= 0.6 is 23.2 Å². The lowest BCUT2D eigenvalue weighted by atomic mass is 10.1. The zero-order chi connectivity index (χ0) is 18.9. The first-order valence-electron chi connectivity index (χ1n) is 8.21. The van der Waals surface area contributed by atoms with Crippen LogP contribution in [0.5, 0.6) is 5.75 Å². The van der Waals surface area contributed by atoms with E-state index in [2.05, 4.69) is 17.2 Å². The molecular weight excluding hydrogens is 361 g/mol. The third-order valence-electron chi connectivity index (χ3n) is 3.26. The molecule has 1 aromatic rings. The SMILES string of the molecule is CCC(Oc1cc(Cl)cc(Cl)c1)C(=O)NC(C)(C)C#CCCCOC. The molecule has 0 radical (unpaired) electrons. The molecule has 0 bridgehead atoms. The first-order chi connectivity index (χ1) is 11.8. The van der Waals surface area contributed by atoms with Crippen molar-refractivity contribution in [2.75, 3.05) is 13.7 Å². The van der Waals surface area contributed by atoms with Crippen molar-refractivity contribution in [1.82, 2.24) is 5.32 Å². The van der Waals surface area contributed by atoms with Gasteiger partial charge in [0, 0.05) is 30.2 Å². The van der Waals surface area contributed by atoms with Crippen LogP contribution in [0.2, 0.25) is 10.0 Å². The Hall–Kier alpha value is -1.41. The van der Waals surface area contributed by atoms with Gasteiger partial charge in [-0.25, -0.2) is 0 Å². The van der Waals surface area contributed by atoms with Crippen LogP contribution in [0.1, 0.15) is 40.0 Å². The van der Waals surface area contributed by atoms with E-state index >= 15 is 0 Å². The fourth-order valence-corrected chi connectivity index (χ4v) is 2.60. The Morgan fingerprint density at radius 3 is 2.48 bits per heavy atom. The van der Waals surface area contributed by atoms with Crippen molar-refractivity contribution in [3.8, 4) is 17.6 Å². The molecular formula is C19H25Cl2NO3. The molecule has 1 amide bonds. The van der Waals surface area contributed by atoms with E-state index in [1.165, 1.54) is 0 Å². The Morgan fingerprint density at radius 2 is 1.92 bits per heavy atom. The lowest BCUT2D eigenvalue weighted by Crippen LogP contribution is -2.48. The van der Waals surface area contributed by atoms with Gasteiger partial charge >= 0.3 is 0 Å². The van der Waals surface area contributed by atoms with E-state index in [1.54, 1.807) is 25.3 Å². The second kappa shape index (κ2) is 10.6. The number of rotatable bonds is 8. The van der Waals surface area contributed by atoms with Crippen molar-refractivity contribution in [3.63, 3.8) is 0 Å². The summed E-state index contributed by atoms with van der Waals surface area (Å²) >= 11 is 11.9. The maximum atomic E-state index is 12.5. The molecule has 0 aliphatic heterocycles. The van der Waals surface area contributed by atoms with Crippen LogP contribution in [0.25, 0.3) is 0 Å². The van der Waals surface area contributed by atoms with Crippen LogP contribution in [0.3, 0.4) is 0 Å². The summed E-state index contributed by atoms with van der Waals surface area (Å²) < 4.78 is 10.7. The predicted octanol–water partition coefficient (Wildman–Crippen LogP) is 4.48. The first-order valence-corrected chi connectivity index (χ1v) is 8.96. The zero-order valence-corrected chi connectivity index (χ0v) is 16.6. The van der Waals surface area contributed by atoms with Gasteiger partial charge in [0.25, 0.3) is 5.91 Å². The lowest BCUT2D eigenvalue weighted by molar-refractivity contribution is -0.129. The standard InChI is InChI=1S/C19H25Cl2NO3/c1-5-17(25-16-12-14(20)11-15(21)13-16)18(23)22-19(2,3)9-7-6-8-10-24-4/h11-13,17H,5-6,8,10H2,1-4H3,(H,22,23). The van der Waals surface area contributed by atoms with Gasteiger partial charge in [0.2, 0.25) is 0 Å². The number of benzene rings is 1. The van der Waals surface area contributed by atoms with Gasteiger partial charge in [0.15, 0.2) is 6.10 Å². The van der Waals surface area contributed by atoms with Gasteiger partial charge < -0.3 is 14.8 Å². The van der Waals surface area contributed by atoms with E-state index in [9.17, 15) is 4.79 Å². The second-order valence-corrected chi connectivity index (χ2v) is 7.01. The lowest BCUT2D eigenvalue weighted by Gasteiger charge is -2.24. The van der Waals surface area contributed by atoms with E-state index in [0.29, 0.717) is 28.8 Å². The molecule has 4 nitrogen and oxygen atoms in total. The molecule has 0 heterocycles. The summed E-state index contributed by atoms with van der Waals surface area (Å²) in [5.41, 5.74) is -0.646. The van der Waals surface area contributed by atoms with Crippen LogP contribution in [0, 0.1) is 11.8 Å². The highest BCUT2D eigenvalue weighted by atomic mass is 35.5. The largest absolute Gasteiger partial charge is 0.481 e. The molecule has 0 aromatic heterocycles. The van der Waals surface area contributed by atoms with Crippen molar-refractivity contribution < 1.29 is 14.3 Å². The van der Waals surface area contributed by atoms with Crippen molar-refractivity contribution in [3.05, 3.63) is 28.2 Å². The molecule has 1 aromatic carbocycles. The summed E-state index contributed by atoms with van der Waals surface area (Å²) in [6.07, 6.45) is 1.45. The molecule has 0 aliphatic carbocycles. The van der Waals surface area contributed by atoms with Crippen LogP contribution in [-0.2, 0) is 9.53 Å². The maximum Gasteiger partial charge on any atom is 0.262 e. The van der Waals surface area contributed by atoms with Crippen LogP contribution in [0.15, 0.2) is 18.2 Å². The second-order valence-electron chi connectivity index (χ2n) is 6.13. The van der Waals surface area contributed by atoms with E-state index in [-0.39, 0.29) is 5.91 Å². The summed E-state index contributed by atoms with van der Waals surface area (Å²) in [4.78, 5) is 12.5. The minimum absolute atomic E-state index is 0.227. The highest BCUT2D eigenvalue weighted by Crippen LogP contribution is 2.25. The minimum Gasteiger partial charge on any atom is -0.481 e. The number of halogens is 2. The van der Waals surface area contributed by atoms with Gasteiger partial charge in [-0.2, -0.15) is 0 Å². The predicted molar refractivity (Wildman–Crippen MR) is 102 cm³/mol. The quantitative estimate of drug-likeness (QED) is 0.530. The van der Waals surface area contributed by atoms with Gasteiger partial charge in [-0.3, -0.25) is 4.79 Å². The maximum absolute atomic E-state index is 12.5. The molecule has 6 heteroatoms. The zero-order valence-electron chi connectivity index (χ0n) is 15.1. The molecule has 1 unspecified atom stereocenters. The Bertz CT molecular complexity index is 615. The highest BCUT2D eigenvalue weighted by Gasteiger charge is 2.25. The number of methoxy groups -OCH3 is 1. The summed E-state index contributed by atoms with van der Waals surface area (Å²) in [5, 5.41) is 3.83. The average Bonchev–Trinajstić information content (AvgIpc) is 2.50. The van der Waals surface area contributed by atoms with Crippen LogP contribution in [0.4, 0.5) is 0 Å². The number of carbonyl (C=O) groups is 1. The number of nitrogens with one attached hydrogen (secondary N) is 1. The van der Waals surface area contributed by atoms with E-state index in [4.69, 9.17) is 32.7 Å². The van der Waals surface area contributed by atoms with Crippen molar-refractivity contribution in [2.45, 2.75) is 51.7 Å². The van der Waals surface area contributed by atoms with E-state index < -0.39 is 11.6 Å². The smallest absolute Gasteiger partial charge is 0.262 e. The molecule has 0 aliphatic rings. The molecule has 0 saturated heterocycles. The fraction of sp³-hybridized carbons (Fsp3) is 0.526. The molecule has 0 spiro atoms. The summed E-state index contributed by atoms with van der Waals surface area (Å²) in [5.74, 6) is 6.38. The number of amides is 1. The Balaban J connectivity index is 2.68. The molecule has 0 saturated carbocycles. The van der Waals surface area contributed by atoms with Gasteiger partial charge in [0.05, 0.1) is 5.54 Å². The third kappa shape index (κ3) is 8.49. The summed E-state index contributed by atoms with van der Waals surface area (Å²) in [6, 6.07) is 4.87. The van der Waals surface area contributed by atoms with Gasteiger partial charge in [-0.15, -0.1) is 5.92 Å². The molecule has 25 heavy (non-hydrogen) atoms. The number of ether oxygens (including phenoxy) is 2. The molecule has 0 fully saturated rings. The Kier molecular flexibility index (Phi) is 9.13. The molecule has 1 atom stereocenters. The Morgan fingerprint density at radius 1 is 1.28 bits per heavy atom. The number of hydrogen-bond acceptors (Lipinski definition) is 3. The highest BCUT2D eigenvalue weighted by molar-refractivity contribution is 6.34. The third-order valence-corrected chi connectivity index (χ3v) is 3.70. The average molecular weight is 386 g/mol. The van der Waals surface area contributed by atoms with E-state index in [1.807, 2.05) is 20.8 Å². The number of hydrogen-bond donors (Lipinski definition) is 1. The van der Waals surface area contributed by atoms with Crippen molar-refractivity contribution in [2.24, 2.45) is 0 Å². The fourth-order valence-electron chi connectivity index (χ4n) is 2.09. The summed E-state index contributed by atoms with van der Waals surface area (Å²) in [6.45, 7) is 6.27. The first kappa shape index (κ1) is 21.6. The van der Waals surface area contributed by atoms with Crippen molar-refractivity contribution >= 4 is 29.1 Å². The number of carbonyl (C=O) groups excluding carboxylic acids is 1. The van der Waals surface area contributed by atoms with Gasteiger partial charge in [-0.1, -0.05) is 36.0 Å². The summed E-state index contributed by atoms with van der Waals surface area (Å²) in [7, 11) is 1.66. The van der Waals surface area contributed by atoms with E-state index in [0.717, 1.165) is 12.8 Å². The van der Waals surface area contributed by atoms with Gasteiger partial charge in [0.1, 0.15) is 5.75 Å². The number of unbranched alkanes of at least 4 members (excludes halogenated alkanes) is 1. The van der Waals surface area contributed by atoms with Gasteiger partial charge in [-0.05, 0) is 44.9 Å². The monoisotopic (exact) mass is 385 g/mol. The molecule has 1 N–H and O–H groups in total. The van der Waals surface area contributed by atoms with Crippen molar-refractivity contribution in [1.29, 1.82) is 0 Å². The minimum atomic E-state index is -0.649. The van der Waals surface area contributed by atoms with Crippen LogP contribution < -0.4 is 10.1 Å². The normalized spacial score (nSPS) is 12.1. The molecule has 138 valence electrons. The Labute approximate surface area is 160 Å². The van der Waals surface area contributed by atoms with Crippen LogP contribution in [-0.4, -0.2) is 31.3 Å².